The maximum Gasteiger partial charge on any atom is 0.361 e. The lowest BCUT2D eigenvalue weighted by atomic mass is 9.85. The number of rotatable bonds is 3. The molecule has 0 saturated carbocycles. The van der Waals surface area contributed by atoms with Gasteiger partial charge in [0.1, 0.15) is 0 Å². The lowest BCUT2D eigenvalue weighted by Crippen LogP contribution is -2.59. The minimum atomic E-state index is -2.55. The Morgan fingerprint density at radius 3 is 2.07 bits per heavy atom. The van der Waals surface area contributed by atoms with Crippen LogP contribution in [0.2, 0.25) is 0 Å². The summed E-state index contributed by atoms with van der Waals surface area (Å²) >= 11 is 0. The third-order valence-corrected chi connectivity index (χ3v) is 1.61. The lowest BCUT2D eigenvalue weighted by molar-refractivity contribution is -0.173. The predicted octanol–water partition coefficient (Wildman–Crippen LogP) is -0.188. The van der Waals surface area contributed by atoms with Gasteiger partial charge in [0.15, 0.2) is 5.78 Å². The first kappa shape index (κ1) is 13.1. The van der Waals surface area contributed by atoms with E-state index in [0.29, 0.717) is 0 Å². The molecule has 0 aliphatic heterocycles. The van der Waals surface area contributed by atoms with Crippen LogP contribution in [0, 0.1) is 5.41 Å². The van der Waals surface area contributed by atoms with E-state index in [4.69, 9.17) is 5.73 Å². The number of ketones is 1. The number of hydrogen-bond donors (Lipinski definition) is 2. The molecule has 0 heterocycles. The zero-order valence-corrected chi connectivity index (χ0v) is 8.96. The normalized spacial score (nSPS) is 15.9. The Morgan fingerprint density at radius 2 is 1.79 bits per heavy atom. The highest BCUT2D eigenvalue weighted by Gasteiger charge is 2.46. The van der Waals surface area contributed by atoms with Crippen molar-refractivity contribution in [2.45, 2.75) is 33.4 Å². The molecule has 0 saturated heterocycles. The van der Waals surface area contributed by atoms with Crippen LogP contribution in [-0.4, -0.2) is 29.2 Å². The summed E-state index contributed by atoms with van der Waals surface area (Å²) in [4.78, 5) is 22.7. The van der Waals surface area contributed by atoms with Crippen LogP contribution in [0.3, 0.4) is 0 Å². The molecule has 5 heteroatoms. The Kier molecular flexibility index (Phi) is 3.79. The Balaban J connectivity index is 4.79. The molecule has 0 amide bonds. The van der Waals surface area contributed by atoms with Crippen molar-refractivity contribution in [1.82, 2.24) is 0 Å². The summed E-state index contributed by atoms with van der Waals surface area (Å²) in [5.41, 5.74) is 1.77. The first-order valence-electron chi connectivity index (χ1n) is 4.37. The van der Waals surface area contributed by atoms with Gasteiger partial charge in [0.25, 0.3) is 5.72 Å². The number of nitrogens with two attached hydrogens (primary N) is 1. The summed E-state index contributed by atoms with van der Waals surface area (Å²) in [7, 11) is 0. The molecule has 0 aromatic carbocycles. The standard InChI is InChI=1S/C9H17NO4/c1-5-14-7(12)9(10,13)6(11)8(2,3)4/h13H,5,10H2,1-4H3. The minimum Gasteiger partial charge on any atom is -0.462 e. The predicted molar refractivity (Wildman–Crippen MR) is 50.2 cm³/mol. The maximum absolute atomic E-state index is 11.5. The highest BCUT2D eigenvalue weighted by atomic mass is 16.6. The van der Waals surface area contributed by atoms with Crippen molar-refractivity contribution in [3.63, 3.8) is 0 Å². The van der Waals surface area contributed by atoms with Crippen LogP contribution in [0.25, 0.3) is 0 Å². The van der Waals surface area contributed by atoms with Crippen LogP contribution in [0.15, 0.2) is 0 Å². The first-order valence-corrected chi connectivity index (χ1v) is 4.37. The number of hydrogen-bond acceptors (Lipinski definition) is 5. The van der Waals surface area contributed by atoms with Crippen molar-refractivity contribution < 1.29 is 19.4 Å². The molecule has 0 radical (unpaired) electrons. The second kappa shape index (κ2) is 4.06. The molecule has 14 heavy (non-hydrogen) atoms. The van der Waals surface area contributed by atoms with Gasteiger partial charge in [0.05, 0.1) is 6.61 Å². The Bertz CT molecular complexity index is 240. The first-order chi connectivity index (χ1) is 6.14. The smallest absolute Gasteiger partial charge is 0.361 e. The molecule has 0 bridgehead atoms. The fraction of sp³-hybridized carbons (Fsp3) is 0.778. The van der Waals surface area contributed by atoms with E-state index in [1.54, 1.807) is 27.7 Å². The summed E-state index contributed by atoms with van der Waals surface area (Å²) < 4.78 is 4.49. The highest BCUT2D eigenvalue weighted by Crippen LogP contribution is 2.20. The van der Waals surface area contributed by atoms with E-state index in [-0.39, 0.29) is 6.61 Å². The van der Waals surface area contributed by atoms with Crippen molar-refractivity contribution >= 4 is 11.8 Å². The molecule has 0 aliphatic rings. The number of Topliss-reactive ketones (excluding diaryl/α,β-unsaturated/α-hetero) is 1. The van der Waals surface area contributed by atoms with E-state index in [9.17, 15) is 14.7 Å². The van der Waals surface area contributed by atoms with Gasteiger partial charge in [-0.15, -0.1) is 0 Å². The molecule has 3 N–H and O–H groups in total. The molecular weight excluding hydrogens is 186 g/mol. The highest BCUT2D eigenvalue weighted by molar-refractivity contribution is 6.08. The molecular formula is C9H17NO4. The van der Waals surface area contributed by atoms with Crippen LogP contribution >= 0.6 is 0 Å². The number of carbonyl (C=O) groups excluding carboxylic acids is 2. The molecule has 0 spiro atoms. The molecule has 0 aromatic heterocycles. The Morgan fingerprint density at radius 1 is 1.36 bits per heavy atom. The molecule has 1 atom stereocenters. The van der Waals surface area contributed by atoms with Crippen LogP contribution < -0.4 is 5.73 Å². The van der Waals surface area contributed by atoms with Crippen molar-refractivity contribution in [2.24, 2.45) is 11.1 Å². The monoisotopic (exact) mass is 203 g/mol. The lowest BCUT2D eigenvalue weighted by Gasteiger charge is -2.26. The SMILES string of the molecule is CCOC(=O)C(N)(O)C(=O)C(C)(C)C. The van der Waals surface area contributed by atoms with Crippen LogP contribution in [0.4, 0.5) is 0 Å². The van der Waals surface area contributed by atoms with Crippen molar-refractivity contribution in [2.75, 3.05) is 6.61 Å². The molecule has 0 rings (SSSR count). The second-order valence-corrected chi connectivity index (χ2v) is 4.07. The second-order valence-electron chi connectivity index (χ2n) is 4.07. The zero-order chi connectivity index (χ0) is 11.6. The van der Waals surface area contributed by atoms with Gasteiger partial charge in [-0.1, -0.05) is 20.8 Å². The molecule has 5 nitrogen and oxygen atoms in total. The average molecular weight is 203 g/mol. The number of ether oxygens (including phenoxy) is 1. The summed E-state index contributed by atoms with van der Waals surface area (Å²) in [6.07, 6.45) is 0. The van der Waals surface area contributed by atoms with Gasteiger partial charge in [-0.2, -0.15) is 0 Å². The Hall–Kier alpha value is -0.940. The minimum absolute atomic E-state index is 0.0652. The Labute approximate surface area is 83.2 Å². The van der Waals surface area contributed by atoms with Crippen molar-refractivity contribution in [3.05, 3.63) is 0 Å². The fourth-order valence-corrected chi connectivity index (χ4v) is 0.906. The quantitative estimate of drug-likeness (QED) is 0.377. The summed E-state index contributed by atoms with van der Waals surface area (Å²) in [5, 5.41) is 9.47. The maximum atomic E-state index is 11.5. The van der Waals surface area contributed by atoms with Gasteiger partial charge < -0.3 is 9.84 Å². The largest absolute Gasteiger partial charge is 0.462 e. The third-order valence-electron chi connectivity index (χ3n) is 1.61. The van der Waals surface area contributed by atoms with E-state index in [0.717, 1.165) is 0 Å². The molecule has 0 aromatic rings. The van der Waals surface area contributed by atoms with E-state index in [2.05, 4.69) is 4.74 Å². The summed E-state index contributed by atoms with van der Waals surface area (Å²) in [6, 6.07) is 0. The molecule has 1 unspecified atom stereocenters. The zero-order valence-electron chi connectivity index (χ0n) is 8.96. The molecule has 0 fully saturated rings. The summed E-state index contributed by atoms with van der Waals surface area (Å²) in [5.74, 6) is -1.87. The average Bonchev–Trinajstić information content (AvgIpc) is 2.01. The van der Waals surface area contributed by atoms with E-state index in [1.807, 2.05) is 0 Å². The number of esters is 1. The van der Waals surface area contributed by atoms with Gasteiger partial charge in [-0.3, -0.25) is 10.5 Å². The number of aliphatic hydroxyl groups is 1. The van der Waals surface area contributed by atoms with Crippen molar-refractivity contribution in [3.8, 4) is 0 Å². The van der Waals surface area contributed by atoms with Gasteiger partial charge in [-0.05, 0) is 6.92 Å². The van der Waals surface area contributed by atoms with E-state index >= 15 is 0 Å². The van der Waals surface area contributed by atoms with Gasteiger partial charge in [0, 0.05) is 5.41 Å². The van der Waals surface area contributed by atoms with Gasteiger partial charge in [0.2, 0.25) is 0 Å². The topological polar surface area (TPSA) is 89.6 Å². The third kappa shape index (κ3) is 2.78. The van der Waals surface area contributed by atoms with Gasteiger partial charge >= 0.3 is 5.97 Å². The molecule has 82 valence electrons. The number of carbonyl (C=O) groups is 2. The molecule has 0 aliphatic carbocycles. The van der Waals surface area contributed by atoms with Gasteiger partial charge in [-0.25, -0.2) is 4.79 Å². The van der Waals surface area contributed by atoms with Crippen LogP contribution in [0.1, 0.15) is 27.7 Å². The summed E-state index contributed by atoms with van der Waals surface area (Å²) in [6.45, 7) is 6.32. The van der Waals surface area contributed by atoms with Crippen LogP contribution in [-0.2, 0) is 14.3 Å². The fourth-order valence-electron chi connectivity index (χ4n) is 0.906. The van der Waals surface area contributed by atoms with E-state index < -0.39 is 22.9 Å². The van der Waals surface area contributed by atoms with E-state index in [1.165, 1.54) is 0 Å². The van der Waals surface area contributed by atoms with Crippen molar-refractivity contribution in [1.29, 1.82) is 0 Å². The van der Waals surface area contributed by atoms with Crippen LogP contribution in [0.5, 0.6) is 0 Å².